The van der Waals surface area contributed by atoms with Crippen LogP contribution in [0.2, 0.25) is 0 Å². The quantitative estimate of drug-likeness (QED) is 0.710. The van der Waals surface area contributed by atoms with Gasteiger partial charge in [-0.1, -0.05) is 0 Å². The van der Waals surface area contributed by atoms with Crippen molar-refractivity contribution in [1.29, 1.82) is 0 Å². The molecule has 0 aromatic rings. The van der Waals surface area contributed by atoms with Crippen LogP contribution in [0.15, 0.2) is 0 Å². The van der Waals surface area contributed by atoms with Crippen LogP contribution in [0.25, 0.3) is 0 Å². The normalized spacial score (nSPS) is 26.1. The molecule has 1 amide bonds. The van der Waals surface area contributed by atoms with Crippen molar-refractivity contribution in [3.8, 4) is 0 Å². The number of amides is 1. The Kier molecular flexibility index (Phi) is 3.83. The number of nitrogens with one attached hydrogen (secondary N) is 1. The first-order valence-electron chi connectivity index (χ1n) is 5.47. The number of rotatable bonds is 3. The zero-order chi connectivity index (χ0) is 14.1. The Hall–Kier alpha value is -1.79. The van der Waals surface area contributed by atoms with Gasteiger partial charge in [0.1, 0.15) is 5.60 Å². The molecule has 102 valence electrons. The molecule has 1 fully saturated rings. The highest BCUT2D eigenvalue weighted by Crippen LogP contribution is 2.40. The molecule has 0 heterocycles. The van der Waals surface area contributed by atoms with Crippen LogP contribution in [0.1, 0.15) is 20.8 Å². The first kappa shape index (κ1) is 14.3. The number of carbonyl (C=O) groups excluding carboxylic acids is 2. The molecule has 7 heteroatoms. The zero-order valence-corrected chi connectivity index (χ0v) is 10.7. The van der Waals surface area contributed by atoms with Crippen LogP contribution >= 0.6 is 0 Å². The van der Waals surface area contributed by atoms with Crippen molar-refractivity contribution in [2.75, 3.05) is 7.11 Å². The van der Waals surface area contributed by atoms with Gasteiger partial charge in [0.05, 0.1) is 25.0 Å². The topological polar surface area (TPSA) is 102 Å². The number of carboxylic acids is 1. The maximum Gasteiger partial charge on any atom is 0.407 e. The van der Waals surface area contributed by atoms with E-state index >= 15 is 0 Å². The van der Waals surface area contributed by atoms with Gasteiger partial charge in [-0.3, -0.25) is 9.59 Å². The third-order valence-corrected chi connectivity index (χ3v) is 2.46. The van der Waals surface area contributed by atoms with E-state index in [1.807, 2.05) is 0 Å². The molecule has 1 aliphatic carbocycles. The van der Waals surface area contributed by atoms with E-state index in [1.54, 1.807) is 20.8 Å². The largest absolute Gasteiger partial charge is 0.481 e. The van der Waals surface area contributed by atoms with Crippen molar-refractivity contribution in [2.45, 2.75) is 32.4 Å². The maximum absolute atomic E-state index is 11.5. The minimum Gasteiger partial charge on any atom is -0.481 e. The van der Waals surface area contributed by atoms with E-state index < -0.39 is 41.5 Å². The van der Waals surface area contributed by atoms with Gasteiger partial charge in [-0.05, 0) is 20.8 Å². The number of esters is 1. The van der Waals surface area contributed by atoms with Crippen molar-refractivity contribution < 1.29 is 29.0 Å². The molecule has 0 saturated heterocycles. The molecule has 3 atom stereocenters. The van der Waals surface area contributed by atoms with Crippen LogP contribution in [-0.4, -0.2) is 41.9 Å². The fourth-order valence-corrected chi connectivity index (χ4v) is 1.67. The molecule has 0 spiro atoms. The lowest BCUT2D eigenvalue weighted by molar-refractivity contribution is -0.146. The van der Waals surface area contributed by atoms with Gasteiger partial charge in [-0.2, -0.15) is 0 Å². The summed E-state index contributed by atoms with van der Waals surface area (Å²) in [7, 11) is 1.17. The number of hydrogen-bond donors (Lipinski definition) is 2. The summed E-state index contributed by atoms with van der Waals surface area (Å²) in [6, 6.07) is -0.773. The lowest BCUT2D eigenvalue weighted by atomic mass is 10.2. The van der Waals surface area contributed by atoms with Gasteiger partial charge >= 0.3 is 18.0 Å². The molecule has 1 saturated carbocycles. The highest BCUT2D eigenvalue weighted by atomic mass is 16.6. The van der Waals surface area contributed by atoms with Gasteiger partial charge in [-0.25, -0.2) is 4.79 Å². The van der Waals surface area contributed by atoms with Gasteiger partial charge in [0.25, 0.3) is 0 Å². The van der Waals surface area contributed by atoms with Gasteiger partial charge in [0, 0.05) is 0 Å². The Morgan fingerprint density at radius 3 is 2.11 bits per heavy atom. The van der Waals surface area contributed by atoms with Crippen LogP contribution in [0.3, 0.4) is 0 Å². The Bertz CT molecular complexity index is 372. The molecule has 1 rings (SSSR count). The molecule has 1 aliphatic rings. The second-order valence-corrected chi connectivity index (χ2v) is 5.08. The molecule has 0 radical (unpaired) electrons. The van der Waals surface area contributed by atoms with Crippen LogP contribution in [0, 0.1) is 11.8 Å². The van der Waals surface area contributed by atoms with E-state index in [1.165, 1.54) is 7.11 Å². The first-order valence-corrected chi connectivity index (χ1v) is 5.47. The molecule has 18 heavy (non-hydrogen) atoms. The summed E-state index contributed by atoms with van der Waals surface area (Å²) < 4.78 is 9.46. The fraction of sp³-hybridized carbons (Fsp3) is 0.727. The lowest BCUT2D eigenvalue weighted by Crippen LogP contribution is -2.35. The third-order valence-electron chi connectivity index (χ3n) is 2.46. The Morgan fingerprint density at radius 1 is 1.17 bits per heavy atom. The summed E-state index contributed by atoms with van der Waals surface area (Å²) in [5, 5.41) is 11.2. The Labute approximate surface area is 104 Å². The summed E-state index contributed by atoms with van der Waals surface area (Å²) >= 11 is 0. The second-order valence-electron chi connectivity index (χ2n) is 5.08. The number of methoxy groups -OCH3 is 1. The molecular formula is C11H17NO6. The molecule has 2 N–H and O–H groups in total. The molecule has 0 aromatic carbocycles. The molecule has 7 nitrogen and oxygen atoms in total. The number of carbonyl (C=O) groups is 3. The Balaban J connectivity index is 2.59. The van der Waals surface area contributed by atoms with Crippen LogP contribution in [-0.2, 0) is 19.1 Å². The number of carboxylic acid groups (broad SMARTS) is 1. The van der Waals surface area contributed by atoms with Crippen molar-refractivity contribution in [2.24, 2.45) is 11.8 Å². The van der Waals surface area contributed by atoms with Crippen LogP contribution < -0.4 is 5.32 Å². The molecule has 0 aromatic heterocycles. The summed E-state index contributed by atoms with van der Waals surface area (Å²) in [5.41, 5.74) is -0.682. The Morgan fingerprint density at radius 2 is 1.72 bits per heavy atom. The molecular weight excluding hydrogens is 242 g/mol. The van der Waals surface area contributed by atoms with Crippen molar-refractivity contribution in [3.63, 3.8) is 0 Å². The maximum atomic E-state index is 11.5. The summed E-state index contributed by atoms with van der Waals surface area (Å²) in [6.07, 6.45) is -0.745. The van der Waals surface area contributed by atoms with E-state index in [0.29, 0.717) is 0 Å². The first-order chi connectivity index (χ1) is 8.17. The predicted molar refractivity (Wildman–Crippen MR) is 59.8 cm³/mol. The van der Waals surface area contributed by atoms with E-state index in [4.69, 9.17) is 9.84 Å². The van der Waals surface area contributed by atoms with Gasteiger partial charge in [0.2, 0.25) is 0 Å². The van der Waals surface area contributed by atoms with Gasteiger partial charge < -0.3 is 19.9 Å². The van der Waals surface area contributed by atoms with E-state index in [0.717, 1.165) is 0 Å². The smallest absolute Gasteiger partial charge is 0.407 e. The highest BCUT2D eigenvalue weighted by molar-refractivity contribution is 5.90. The van der Waals surface area contributed by atoms with Gasteiger partial charge in [0.15, 0.2) is 0 Å². The third kappa shape index (κ3) is 3.35. The summed E-state index contributed by atoms with van der Waals surface area (Å²) in [6.45, 7) is 5.06. The number of ether oxygens (including phenoxy) is 2. The zero-order valence-electron chi connectivity index (χ0n) is 10.7. The monoisotopic (exact) mass is 259 g/mol. The van der Waals surface area contributed by atoms with Crippen LogP contribution in [0.5, 0.6) is 0 Å². The number of alkyl carbamates (subject to hydrolysis) is 1. The molecule has 0 bridgehead atoms. The summed E-state index contributed by atoms with van der Waals surface area (Å²) in [5.74, 6) is -3.60. The summed E-state index contributed by atoms with van der Waals surface area (Å²) in [4.78, 5) is 33.6. The highest BCUT2D eigenvalue weighted by Gasteiger charge is 2.61. The molecule has 0 aliphatic heterocycles. The van der Waals surface area contributed by atoms with Crippen LogP contribution in [0.4, 0.5) is 4.79 Å². The average molecular weight is 259 g/mol. The number of hydrogen-bond acceptors (Lipinski definition) is 5. The van der Waals surface area contributed by atoms with Crippen molar-refractivity contribution in [3.05, 3.63) is 0 Å². The minimum absolute atomic E-state index is 0.650. The van der Waals surface area contributed by atoms with E-state index in [9.17, 15) is 14.4 Å². The van der Waals surface area contributed by atoms with Crippen molar-refractivity contribution >= 4 is 18.0 Å². The fourth-order valence-electron chi connectivity index (χ4n) is 1.67. The molecule has 0 unspecified atom stereocenters. The van der Waals surface area contributed by atoms with Gasteiger partial charge in [-0.15, -0.1) is 0 Å². The predicted octanol–water partition coefficient (Wildman–Crippen LogP) is 0.383. The SMILES string of the molecule is COC(=O)[C@H]1[C@H](NC(=O)OC(C)(C)C)[C@@H]1C(=O)O. The van der Waals surface area contributed by atoms with Crippen molar-refractivity contribution in [1.82, 2.24) is 5.32 Å². The average Bonchev–Trinajstić information content (AvgIpc) is 2.87. The number of aliphatic carboxylic acids is 1. The standard InChI is InChI=1S/C11H17NO6/c1-11(2,3)18-10(16)12-7-5(8(13)14)6(7)9(15)17-4/h5-7H,1-4H3,(H,12,16)(H,13,14)/t5-,6-,7-/m1/s1. The second kappa shape index (κ2) is 4.83. The lowest BCUT2D eigenvalue weighted by Gasteiger charge is -2.19. The minimum atomic E-state index is -1.15. The van der Waals surface area contributed by atoms with E-state index in [2.05, 4.69) is 10.1 Å². The van der Waals surface area contributed by atoms with E-state index in [-0.39, 0.29) is 0 Å².